The van der Waals surface area contributed by atoms with Gasteiger partial charge in [0.2, 0.25) is 0 Å². The van der Waals surface area contributed by atoms with Crippen molar-refractivity contribution in [1.29, 1.82) is 0 Å². The maximum Gasteiger partial charge on any atom is 0.333 e. The van der Waals surface area contributed by atoms with Crippen LogP contribution in [-0.2, 0) is 9.53 Å². The maximum absolute atomic E-state index is 10.6. The predicted molar refractivity (Wildman–Crippen MR) is 40.7 cm³/mol. The van der Waals surface area contributed by atoms with Crippen molar-refractivity contribution >= 4 is 21.9 Å². The molecule has 0 heterocycles. The minimum absolute atomic E-state index is 0.0499. The first-order valence-corrected chi connectivity index (χ1v) is 3.60. The van der Waals surface area contributed by atoms with Crippen molar-refractivity contribution in [3.8, 4) is 0 Å². The molecule has 0 aliphatic carbocycles. The number of carbonyl (C=O) groups excluding carboxylic acids is 1. The standard InChI is InChI=1S/C6H9BrO3/c1-4(2)6(9)10-3-5(7)8/h5,8H,1,3H2,2H3. The van der Waals surface area contributed by atoms with Crippen molar-refractivity contribution < 1.29 is 14.6 Å². The second-order valence-electron chi connectivity index (χ2n) is 1.81. The third-order valence-electron chi connectivity index (χ3n) is 0.700. The SMILES string of the molecule is C=C(C)C(=O)OCC(O)Br. The molecule has 0 aromatic heterocycles. The molecule has 0 aromatic carbocycles. The van der Waals surface area contributed by atoms with Gasteiger partial charge in [-0.2, -0.15) is 0 Å². The number of alkyl halides is 1. The van der Waals surface area contributed by atoms with Crippen LogP contribution in [0.25, 0.3) is 0 Å². The molecule has 0 radical (unpaired) electrons. The zero-order valence-electron chi connectivity index (χ0n) is 5.63. The smallest absolute Gasteiger partial charge is 0.333 e. The quantitative estimate of drug-likeness (QED) is 0.425. The number of aliphatic hydroxyl groups excluding tert-OH is 1. The van der Waals surface area contributed by atoms with Gasteiger partial charge >= 0.3 is 5.97 Å². The summed E-state index contributed by atoms with van der Waals surface area (Å²) in [5, 5.41) is 7.80. The van der Waals surface area contributed by atoms with Gasteiger partial charge in [0.25, 0.3) is 0 Å². The first-order chi connectivity index (χ1) is 4.54. The van der Waals surface area contributed by atoms with Gasteiger partial charge in [-0.15, -0.1) is 0 Å². The lowest BCUT2D eigenvalue weighted by molar-refractivity contribution is -0.140. The lowest BCUT2D eigenvalue weighted by Gasteiger charge is -2.03. The molecular weight excluding hydrogens is 200 g/mol. The van der Waals surface area contributed by atoms with E-state index in [1.807, 2.05) is 0 Å². The maximum atomic E-state index is 10.6. The second-order valence-corrected chi connectivity index (χ2v) is 2.87. The molecule has 10 heavy (non-hydrogen) atoms. The zero-order chi connectivity index (χ0) is 8.15. The van der Waals surface area contributed by atoms with Crippen LogP contribution in [0.3, 0.4) is 0 Å². The second kappa shape index (κ2) is 4.46. The Balaban J connectivity index is 3.50. The number of hydrogen-bond donors (Lipinski definition) is 1. The number of ether oxygens (including phenoxy) is 1. The molecule has 0 rings (SSSR count). The normalized spacial score (nSPS) is 12.3. The van der Waals surface area contributed by atoms with E-state index < -0.39 is 11.0 Å². The van der Waals surface area contributed by atoms with Crippen molar-refractivity contribution in [2.45, 2.75) is 11.9 Å². The number of esters is 1. The summed E-state index contributed by atoms with van der Waals surface area (Å²) in [6, 6.07) is 0. The third-order valence-corrected chi connectivity index (χ3v) is 0.965. The molecule has 4 heteroatoms. The molecule has 1 N–H and O–H groups in total. The first kappa shape index (κ1) is 9.65. The minimum Gasteiger partial charge on any atom is -0.459 e. The third kappa shape index (κ3) is 4.52. The molecule has 0 bridgehead atoms. The summed E-state index contributed by atoms with van der Waals surface area (Å²) >= 11 is 2.80. The molecule has 0 saturated carbocycles. The molecule has 0 saturated heterocycles. The van der Waals surface area contributed by atoms with Crippen LogP contribution in [0.5, 0.6) is 0 Å². The van der Waals surface area contributed by atoms with Gasteiger partial charge in [-0.25, -0.2) is 4.79 Å². The fourth-order valence-corrected chi connectivity index (χ4v) is 0.400. The number of aliphatic hydroxyl groups is 1. The van der Waals surface area contributed by atoms with E-state index in [0.29, 0.717) is 5.57 Å². The highest BCUT2D eigenvalue weighted by Gasteiger charge is 2.04. The van der Waals surface area contributed by atoms with Crippen LogP contribution in [0, 0.1) is 0 Å². The molecule has 0 aliphatic rings. The Bertz CT molecular complexity index is 142. The molecular formula is C6H9BrO3. The number of hydrogen-bond acceptors (Lipinski definition) is 3. The van der Waals surface area contributed by atoms with Crippen LogP contribution in [0.15, 0.2) is 12.2 Å². The summed E-state index contributed by atoms with van der Waals surface area (Å²) in [6.45, 7) is 4.86. The Labute approximate surface area is 67.8 Å². The van der Waals surface area contributed by atoms with E-state index in [1.54, 1.807) is 6.92 Å². The highest BCUT2D eigenvalue weighted by atomic mass is 79.9. The summed E-state index contributed by atoms with van der Waals surface area (Å²) in [6.07, 6.45) is 0. The Kier molecular flexibility index (Phi) is 4.31. The lowest BCUT2D eigenvalue weighted by atomic mass is 10.4. The Morgan fingerprint density at radius 3 is 2.70 bits per heavy atom. The Hall–Kier alpha value is -0.350. The lowest BCUT2D eigenvalue weighted by Crippen LogP contribution is -2.13. The number of halogens is 1. The fraction of sp³-hybridized carbons (Fsp3) is 0.500. The van der Waals surface area contributed by atoms with Gasteiger partial charge in [-0.3, -0.25) is 0 Å². The number of rotatable bonds is 3. The van der Waals surface area contributed by atoms with E-state index >= 15 is 0 Å². The van der Waals surface area contributed by atoms with Crippen molar-refractivity contribution in [2.75, 3.05) is 6.61 Å². The van der Waals surface area contributed by atoms with E-state index in [2.05, 4.69) is 27.2 Å². The molecule has 58 valence electrons. The summed E-state index contributed by atoms with van der Waals surface area (Å²) in [7, 11) is 0. The summed E-state index contributed by atoms with van der Waals surface area (Å²) in [4.78, 5) is 10.6. The molecule has 3 nitrogen and oxygen atoms in total. The van der Waals surface area contributed by atoms with E-state index in [-0.39, 0.29) is 6.61 Å². The van der Waals surface area contributed by atoms with Crippen LogP contribution in [0.1, 0.15) is 6.92 Å². The van der Waals surface area contributed by atoms with Gasteiger partial charge in [0.1, 0.15) is 11.6 Å². The van der Waals surface area contributed by atoms with Crippen molar-refractivity contribution in [3.63, 3.8) is 0 Å². The van der Waals surface area contributed by atoms with E-state index in [4.69, 9.17) is 5.11 Å². The highest BCUT2D eigenvalue weighted by molar-refractivity contribution is 9.09. The van der Waals surface area contributed by atoms with Gasteiger partial charge in [0, 0.05) is 5.57 Å². The van der Waals surface area contributed by atoms with Crippen LogP contribution >= 0.6 is 15.9 Å². The van der Waals surface area contributed by atoms with Crippen LogP contribution in [-0.4, -0.2) is 22.7 Å². The van der Waals surface area contributed by atoms with Crippen LogP contribution in [0.2, 0.25) is 0 Å². The molecule has 0 aliphatic heterocycles. The zero-order valence-corrected chi connectivity index (χ0v) is 7.22. The first-order valence-electron chi connectivity index (χ1n) is 2.69. The molecule has 0 amide bonds. The van der Waals surface area contributed by atoms with Crippen LogP contribution < -0.4 is 0 Å². The molecule has 1 atom stereocenters. The highest BCUT2D eigenvalue weighted by Crippen LogP contribution is 1.97. The van der Waals surface area contributed by atoms with Gasteiger partial charge in [-0.1, -0.05) is 22.5 Å². The summed E-state index contributed by atoms with van der Waals surface area (Å²) in [5.74, 6) is -0.487. The van der Waals surface area contributed by atoms with Crippen LogP contribution in [0.4, 0.5) is 0 Å². The van der Waals surface area contributed by atoms with Gasteiger partial charge in [-0.05, 0) is 6.92 Å². The largest absolute Gasteiger partial charge is 0.459 e. The summed E-state index contributed by atoms with van der Waals surface area (Å²) < 4.78 is 4.53. The van der Waals surface area contributed by atoms with Crippen molar-refractivity contribution in [2.24, 2.45) is 0 Å². The van der Waals surface area contributed by atoms with Crippen molar-refractivity contribution in [1.82, 2.24) is 0 Å². The topological polar surface area (TPSA) is 46.5 Å². The minimum atomic E-state index is -0.796. The number of carbonyl (C=O) groups is 1. The van der Waals surface area contributed by atoms with Gasteiger partial charge in [0.15, 0.2) is 0 Å². The Morgan fingerprint density at radius 2 is 2.40 bits per heavy atom. The average Bonchev–Trinajstić information content (AvgIpc) is 1.82. The summed E-state index contributed by atoms with van der Waals surface area (Å²) in [5.41, 5.74) is 0.327. The van der Waals surface area contributed by atoms with Gasteiger partial charge < -0.3 is 9.84 Å². The average molecular weight is 209 g/mol. The van der Waals surface area contributed by atoms with Crippen molar-refractivity contribution in [3.05, 3.63) is 12.2 Å². The van der Waals surface area contributed by atoms with E-state index in [9.17, 15) is 4.79 Å². The van der Waals surface area contributed by atoms with E-state index in [1.165, 1.54) is 0 Å². The molecule has 0 spiro atoms. The molecule has 1 unspecified atom stereocenters. The van der Waals surface area contributed by atoms with E-state index in [0.717, 1.165) is 0 Å². The predicted octanol–water partition coefficient (Wildman–Crippen LogP) is 0.819. The molecule has 0 fully saturated rings. The molecule has 0 aromatic rings. The fourth-order valence-electron chi connectivity index (χ4n) is 0.268. The Morgan fingerprint density at radius 1 is 1.90 bits per heavy atom. The van der Waals surface area contributed by atoms with Gasteiger partial charge in [0.05, 0.1) is 0 Å². The monoisotopic (exact) mass is 208 g/mol.